The van der Waals surface area contributed by atoms with Crippen LogP contribution in [-0.2, 0) is 17.0 Å². The minimum atomic E-state index is -0.428. The molecule has 0 saturated carbocycles. The number of urea groups is 1. The fourth-order valence-electron chi connectivity index (χ4n) is 3.43. The summed E-state index contributed by atoms with van der Waals surface area (Å²) in [5.41, 5.74) is 3.87. The van der Waals surface area contributed by atoms with Crippen molar-refractivity contribution in [3.05, 3.63) is 101 Å². The number of rotatable bonds is 9. The lowest BCUT2D eigenvalue weighted by atomic mass is 10.2. The van der Waals surface area contributed by atoms with Crippen LogP contribution in [0.2, 0.25) is 0 Å². The van der Waals surface area contributed by atoms with Crippen molar-refractivity contribution in [2.75, 3.05) is 11.9 Å². The Morgan fingerprint density at radius 1 is 0.973 bits per heavy atom. The van der Waals surface area contributed by atoms with Crippen LogP contribution >= 0.6 is 11.8 Å². The molecule has 3 aromatic carbocycles. The van der Waals surface area contributed by atoms with E-state index in [-0.39, 0.29) is 12.4 Å². The van der Waals surface area contributed by atoms with Crippen molar-refractivity contribution in [2.45, 2.75) is 31.3 Å². The number of benzene rings is 3. The average Bonchev–Trinajstić information content (AvgIpc) is 3.31. The Labute approximate surface area is 218 Å². The molecule has 190 valence electrons. The van der Waals surface area contributed by atoms with Gasteiger partial charge in [0.25, 0.3) is 0 Å². The van der Waals surface area contributed by atoms with Crippen LogP contribution in [0.5, 0.6) is 0 Å². The van der Waals surface area contributed by atoms with Gasteiger partial charge in [-0.2, -0.15) is 0 Å². The smallest absolute Gasteiger partial charge is 0.338 e. The number of esters is 1. The van der Waals surface area contributed by atoms with E-state index in [0.717, 1.165) is 16.8 Å². The molecule has 0 aliphatic rings. The third-order valence-corrected chi connectivity index (χ3v) is 6.33. The Kier molecular flexibility index (Phi) is 8.52. The molecule has 4 rings (SSSR count). The molecular weight excluding hydrogens is 493 g/mol. The fraction of sp³-hybridized carbons (Fsp3) is 0.185. The maximum absolute atomic E-state index is 13.2. The number of ether oxygens (including phenoxy) is 1. The van der Waals surface area contributed by atoms with Gasteiger partial charge >= 0.3 is 12.0 Å². The summed E-state index contributed by atoms with van der Waals surface area (Å²) in [6, 6.07) is 20.3. The molecular formula is C27H26FN5O3S. The zero-order valence-electron chi connectivity index (χ0n) is 20.4. The van der Waals surface area contributed by atoms with Crippen molar-refractivity contribution >= 4 is 29.4 Å². The maximum Gasteiger partial charge on any atom is 0.338 e. The molecule has 2 amide bonds. The first kappa shape index (κ1) is 25.9. The van der Waals surface area contributed by atoms with E-state index in [9.17, 15) is 14.0 Å². The lowest BCUT2D eigenvalue weighted by molar-refractivity contribution is 0.0526. The van der Waals surface area contributed by atoms with Crippen molar-refractivity contribution in [2.24, 2.45) is 0 Å². The maximum atomic E-state index is 13.2. The Morgan fingerprint density at radius 2 is 1.68 bits per heavy atom. The molecule has 0 unspecified atom stereocenters. The van der Waals surface area contributed by atoms with Gasteiger partial charge in [0.15, 0.2) is 11.0 Å². The molecule has 8 nitrogen and oxygen atoms in total. The summed E-state index contributed by atoms with van der Waals surface area (Å²) in [5, 5.41) is 14.8. The van der Waals surface area contributed by atoms with Crippen molar-refractivity contribution in [1.29, 1.82) is 0 Å². The van der Waals surface area contributed by atoms with E-state index in [0.29, 0.717) is 34.6 Å². The SMILES string of the molecule is CCOC(=O)c1ccc(NC(=O)NCc2nnc(SCc3ccc(F)cc3)n2-c2ccc(C)cc2)cc1. The van der Waals surface area contributed by atoms with Gasteiger partial charge in [-0.15, -0.1) is 10.2 Å². The second kappa shape index (κ2) is 12.2. The van der Waals surface area contributed by atoms with Gasteiger partial charge in [0, 0.05) is 17.1 Å². The summed E-state index contributed by atoms with van der Waals surface area (Å²) in [5.74, 6) is 0.443. The van der Waals surface area contributed by atoms with Crippen LogP contribution in [0, 0.1) is 12.7 Å². The normalized spacial score (nSPS) is 10.7. The van der Waals surface area contributed by atoms with Gasteiger partial charge in [-0.3, -0.25) is 4.57 Å². The Balaban J connectivity index is 1.44. The van der Waals surface area contributed by atoms with Crippen molar-refractivity contribution in [3.63, 3.8) is 0 Å². The highest BCUT2D eigenvalue weighted by Gasteiger charge is 2.16. The van der Waals surface area contributed by atoms with Crippen LogP contribution in [0.15, 0.2) is 78.0 Å². The molecule has 37 heavy (non-hydrogen) atoms. The van der Waals surface area contributed by atoms with Crippen LogP contribution in [0.1, 0.15) is 34.2 Å². The molecule has 0 aliphatic heterocycles. The molecule has 0 fully saturated rings. The second-order valence-corrected chi connectivity index (χ2v) is 9.03. The molecule has 2 N–H and O–H groups in total. The second-order valence-electron chi connectivity index (χ2n) is 8.09. The number of carbonyl (C=O) groups is 2. The summed E-state index contributed by atoms with van der Waals surface area (Å²) in [6.45, 7) is 4.17. The lowest BCUT2D eigenvalue weighted by Crippen LogP contribution is -2.29. The summed E-state index contributed by atoms with van der Waals surface area (Å²) in [7, 11) is 0. The van der Waals surface area contributed by atoms with E-state index >= 15 is 0 Å². The molecule has 10 heteroatoms. The van der Waals surface area contributed by atoms with Crippen molar-refractivity contribution in [3.8, 4) is 5.69 Å². The average molecular weight is 520 g/mol. The highest BCUT2D eigenvalue weighted by molar-refractivity contribution is 7.98. The van der Waals surface area contributed by atoms with E-state index in [1.807, 2.05) is 35.8 Å². The predicted molar refractivity (Wildman–Crippen MR) is 140 cm³/mol. The summed E-state index contributed by atoms with van der Waals surface area (Å²) < 4.78 is 20.1. The van der Waals surface area contributed by atoms with Crippen LogP contribution in [0.3, 0.4) is 0 Å². The number of hydrogen-bond acceptors (Lipinski definition) is 6. The molecule has 0 spiro atoms. The molecule has 1 aromatic heterocycles. The summed E-state index contributed by atoms with van der Waals surface area (Å²) in [4.78, 5) is 24.3. The lowest BCUT2D eigenvalue weighted by Gasteiger charge is -2.12. The highest BCUT2D eigenvalue weighted by Crippen LogP contribution is 2.26. The van der Waals surface area contributed by atoms with Crippen molar-refractivity contribution in [1.82, 2.24) is 20.1 Å². The molecule has 0 atom stereocenters. The monoisotopic (exact) mass is 519 g/mol. The first-order valence-electron chi connectivity index (χ1n) is 11.6. The van der Waals surface area contributed by atoms with Gasteiger partial charge in [-0.25, -0.2) is 14.0 Å². The number of nitrogens with zero attached hydrogens (tertiary/aromatic N) is 3. The molecule has 0 aliphatic carbocycles. The quantitative estimate of drug-likeness (QED) is 0.224. The number of amides is 2. The molecule has 0 saturated heterocycles. The standard InChI is InChI=1S/C27H26FN5O3S/c1-3-36-25(34)20-8-12-22(13-9-20)30-26(35)29-16-24-31-32-27(33(24)23-14-4-18(2)5-15-23)37-17-19-6-10-21(28)11-7-19/h4-15H,3,16-17H2,1-2H3,(H2,29,30,35). The van der Waals surface area contributed by atoms with Gasteiger partial charge in [0.1, 0.15) is 5.82 Å². The van der Waals surface area contributed by atoms with Crippen molar-refractivity contribution < 1.29 is 18.7 Å². The predicted octanol–water partition coefficient (Wildman–Crippen LogP) is 5.51. The molecule has 0 bridgehead atoms. The van der Waals surface area contributed by atoms with Crippen LogP contribution in [0.4, 0.5) is 14.9 Å². The summed E-state index contributed by atoms with van der Waals surface area (Å²) in [6.07, 6.45) is 0. The van der Waals surface area contributed by atoms with Crippen LogP contribution < -0.4 is 10.6 Å². The number of nitrogens with one attached hydrogen (secondary N) is 2. The third-order valence-electron chi connectivity index (χ3n) is 5.33. The van der Waals surface area contributed by atoms with Gasteiger partial charge in [-0.05, 0) is 67.9 Å². The number of halogens is 1. The Hall–Kier alpha value is -4.18. The van der Waals surface area contributed by atoms with Crippen LogP contribution in [0.25, 0.3) is 5.69 Å². The van der Waals surface area contributed by atoms with E-state index in [1.54, 1.807) is 43.3 Å². The zero-order chi connectivity index (χ0) is 26.2. The molecule has 1 heterocycles. The van der Waals surface area contributed by atoms with E-state index in [4.69, 9.17) is 4.74 Å². The van der Waals surface area contributed by atoms with E-state index < -0.39 is 12.0 Å². The number of carbonyl (C=O) groups excluding carboxylic acids is 2. The van der Waals surface area contributed by atoms with Gasteiger partial charge in [0.05, 0.1) is 18.7 Å². The first-order chi connectivity index (χ1) is 17.9. The van der Waals surface area contributed by atoms with Crippen LogP contribution in [-0.4, -0.2) is 33.4 Å². The summed E-state index contributed by atoms with van der Waals surface area (Å²) >= 11 is 1.47. The topological polar surface area (TPSA) is 98.1 Å². The van der Waals surface area contributed by atoms with E-state index in [1.165, 1.54) is 23.9 Å². The third kappa shape index (κ3) is 6.95. The van der Waals surface area contributed by atoms with Gasteiger partial charge in [0.2, 0.25) is 0 Å². The Morgan fingerprint density at radius 3 is 2.35 bits per heavy atom. The van der Waals surface area contributed by atoms with E-state index in [2.05, 4.69) is 20.8 Å². The number of aromatic nitrogens is 3. The van der Waals surface area contributed by atoms with Gasteiger partial charge < -0.3 is 15.4 Å². The first-order valence-corrected chi connectivity index (χ1v) is 12.6. The largest absolute Gasteiger partial charge is 0.462 e. The van der Waals surface area contributed by atoms with Gasteiger partial charge in [-0.1, -0.05) is 41.6 Å². The minimum absolute atomic E-state index is 0.130. The number of aryl methyl sites for hydroxylation is 1. The number of hydrogen-bond donors (Lipinski definition) is 2. The number of thioether (sulfide) groups is 1. The fourth-order valence-corrected chi connectivity index (χ4v) is 4.36. The highest BCUT2D eigenvalue weighted by atomic mass is 32.2. The zero-order valence-corrected chi connectivity index (χ0v) is 21.2. The Bertz CT molecular complexity index is 1360. The minimum Gasteiger partial charge on any atom is -0.462 e. The molecule has 4 aromatic rings. The molecule has 0 radical (unpaired) electrons. The number of anilines is 1.